The summed E-state index contributed by atoms with van der Waals surface area (Å²) >= 11 is 0. The smallest absolute Gasteiger partial charge is 0.253 e. The topological polar surface area (TPSA) is 79.4 Å². The molecule has 1 fully saturated rings. The summed E-state index contributed by atoms with van der Waals surface area (Å²) in [7, 11) is -0.513. The van der Waals surface area contributed by atoms with E-state index in [-0.39, 0.29) is 17.3 Å². The van der Waals surface area contributed by atoms with Gasteiger partial charge in [0, 0.05) is 56.6 Å². The third-order valence-corrected chi connectivity index (χ3v) is 8.27. The van der Waals surface area contributed by atoms with Crippen LogP contribution in [0.5, 0.6) is 11.5 Å². The van der Waals surface area contributed by atoms with Crippen LogP contribution in [0.1, 0.15) is 22.8 Å². The number of methoxy groups -OCH3 is 1. The van der Waals surface area contributed by atoms with Crippen LogP contribution in [0.2, 0.25) is 0 Å². The lowest BCUT2D eigenvalue weighted by Crippen LogP contribution is -2.48. The van der Waals surface area contributed by atoms with E-state index >= 15 is 0 Å². The number of rotatable bonds is 9. The SMILES string of the molecule is CCOc1ccc(C(=O)N2CCN(c3ccc(OC)cc3)CC2)cc1CN(C)S(=O)(=O)c1ccccc1. The fourth-order valence-corrected chi connectivity index (χ4v) is 5.54. The van der Waals surface area contributed by atoms with Crippen molar-refractivity contribution in [2.24, 2.45) is 0 Å². The molecule has 8 nitrogen and oxygen atoms in total. The Labute approximate surface area is 219 Å². The van der Waals surface area contributed by atoms with Crippen LogP contribution < -0.4 is 14.4 Å². The van der Waals surface area contributed by atoms with Gasteiger partial charge in [0.2, 0.25) is 10.0 Å². The number of ether oxygens (including phenoxy) is 2. The van der Waals surface area contributed by atoms with Gasteiger partial charge in [0.25, 0.3) is 5.91 Å². The molecule has 1 heterocycles. The van der Waals surface area contributed by atoms with E-state index in [9.17, 15) is 13.2 Å². The number of amides is 1. The second-order valence-corrected chi connectivity index (χ2v) is 10.9. The van der Waals surface area contributed by atoms with Gasteiger partial charge in [0.15, 0.2) is 0 Å². The number of hydrogen-bond donors (Lipinski definition) is 0. The Bertz CT molecular complexity index is 1310. The molecule has 3 aromatic rings. The molecule has 0 aliphatic carbocycles. The maximum atomic E-state index is 13.4. The van der Waals surface area contributed by atoms with E-state index in [2.05, 4.69) is 4.90 Å². The number of hydrogen-bond acceptors (Lipinski definition) is 6. The van der Waals surface area contributed by atoms with Crippen LogP contribution >= 0.6 is 0 Å². The van der Waals surface area contributed by atoms with Crippen molar-refractivity contribution in [3.63, 3.8) is 0 Å². The number of nitrogens with zero attached hydrogens (tertiary/aromatic N) is 3. The molecular weight excluding hydrogens is 490 g/mol. The molecule has 0 radical (unpaired) electrons. The minimum Gasteiger partial charge on any atom is -0.497 e. The van der Waals surface area contributed by atoms with Gasteiger partial charge in [-0.25, -0.2) is 8.42 Å². The maximum absolute atomic E-state index is 13.4. The fraction of sp³-hybridized carbons (Fsp3) is 0.321. The highest BCUT2D eigenvalue weighted by atomic mass is 32.2. The molecule has 0 saturated carbocycles. The van der Waals surface area contributed by atoms with Crippen molar-refractivity contribution in [2.45, 2.75) is 18.4 Å². The van der Waals surface area contributed by atoms with Crippen LogP contribution in [-0.2, 0) is 16.6 Å². The standard InChI is InChI=1S/C28H33N3O5S/c1-4-36-27-15-10-22(20-23(27)21-29(2)37(33,34)26-8-6-5-7-9-26)28(32)31-18-16-30(17-19-31)24-11-13-25(35-3)14-12-24/h5-15,20H,4,16-19,21H2,1-3H3. The quantitative estimate of drug-likeness (QED) is 0.424. The molecule has 1 aliphatic rings. The van der Waals surface area contributed by atoms with E-state index in [1.807, 2.05) is 36.1 Å². The van der Waals surface area contributed by atoms with Crippen LogP contribution in [0.25, 0.3) is 0 Å². The molecule has 0 N–H and O–H groups in total. The molecule has 0 unspecified atom stereocenters. The normalized spacial score (nSPS) is 14.1. The van der Waals surface area contributed by atoms with Crippen molar-refractivity contribution in [3.8, 4) is 11.5 Å². The second kappa shape index (κ2) is 11.7. The summed E-state index contributed by atoms with van der Waals surface area (Å²) < 4.78 is 38.4. The summed E-state index contributed by atoms with van der Waals surface area (Å²) in [5.41, 5.74) is 2.26. The number of sulfonamides is 1. The monoisotopic (exact) mass is 523 g/mol. The zero-order valence-corrected chi connectivity index (χ0v) is 22.3. The molecule has 37 heavy (non-hydrogen) atoms. The van der Waals surface area contributed by atoms with Gasteiger partial charge in [-0.2, -0.15) is 4.31 Å². The van der Waals surface area contributed by atoms with Crippen molar-refractivity contribution >= 4 is 21.6 Å². The van der Waals surface area contributed by atoms with Gasteiger partial charge < -0.3 is 19.3 Å². The molecule has 9 heteroatoms. The van der Waals surface area contributed by atoms with Crippen LogP contribution in [0.4, 0.5) is 5.69 Å². The average molecular weight is 524 g/mol. The number of carbonyl (C=O) groups is 1. The first-order chi connectivity index (χ1) is 17.8. The third kappa shape index (κ3) is 6.06. The highest BCUT2D eigenvalue weighted by Gasteiger charge is 2.25. The minimum atomic E-state index is -3.69. The average Bonchev–Trinajstić information content (AvgIpc) is 2.94. The van der Waals surface area contributed by atoms with Gasteiger partial charge in [-0.15, -0.1) is 0 Å². The molecule has 3 aromatic carbocycles. The third-order valence-electron chi connectivity index (χ3n) is 6.46. The zero-order chi connectivity index (χ0) is 26.4. The van der Waals surface area contributed by atoms with Crippen LogP contribution in [0.3, 0.4) is 0 Å². The number of benzene rings is 3. The predicted molar refractivity (Wildman–Crippen MR) is 144 cm³/mol. The van der Waals surface area contributed by atoms with Gasteiger partial charge in [0.1, 0.15) is 11.5 Å². The molecule has 0 atom stereocenters. The predicted octanol–water partition coefficient (Wildman–Crippen LogP) is 3.88. The Kier molecular flexibility index (Phi) is 8.35. The Morgan fingerprint density at radius 2 is 1.62 bits per heavy atom. The summed E-state index contributed by atoms with van der Waals surface area (Å²) in [6.45, 7) is 5.02. The van der Waals surface area contributed by atoms with Crippen molar-refractivity contribution in [1.29, 1.82) is 0 Å². The molecular formula is C28H33N3O5S. The maximum Gasteiger partial charge on any atom is 0.253 e. The number of anilines is 1. The van der Waals surface area contributed by atoms with Gasteiger partial charge in [-0.3, -0.25) is 4.79 Å². The van der Waals surface area contributed by atoms with Crippen LogP contribution in [0.15, 0.2) is 77.7 Å². The minimum absolute atomic E-state index is 0.0766. The zero-order valence-electron chi connectivity index (χ0n) is 21.5. The number of piperazine rings is 1. The van der Waals surface area contributed by atoms with Gasteiger partial charge in [-0.1, -0.05) is 18.2 Å². The molecule has 196 valence electrons. The first-order valence-electron chi connectivity index (χ1n) is 12.3. The highest BCUT2D eigenvalue weighted by molar-refractivity contribution is 7.89. The molecule has 0 spiro atoms. The largest absolute Gasteiger partial charge is 0.497 e. The first kappa shape index (κ1) is 26.5. The summed E-state index contributed by atoms with van der Waals surface area (Å²) in [5, 5.41) is 0. The summed E-state index contributed by atoms with van der Waals surface area (Å²) in [6, 6.07) is 21.5. The number of carbonyl (C=O) groups excluding carboxylic acids is 1. The first-order valence-corrected chi connectivity index (χ1v) is 13.7. The van der Waals surface area contributed by atoms with Crippen molar-refractivity contribution < 1.29 is 22.7 Å². The Morgan fingerprint density at radius 3 is 2.24 bits per heavy atom. The van der Waals surface area contributed by atoms with Gasteiger partial charge in [0.05, 0.1) is 18.6 Å². The van der Waals surface area contributed by atoms with E-state index < -0.39 is 10.0 Å². The molecule has 0 aromatic heterocycles. The highest BCUT2D eigenvalue weighted by Crippen LogP contribution is 2.26. The summed E-state index contributed by atoms with van der Waals surface area (Å²) in [4.78, 5) is 17.7. The van der Waals surface area contributed by atoms with Crippen molar-refractivity contribution in [3.05, 3.63) is 83.9 Å². The van der Waals surface area contributed by atoms with Crippen molar-refractivity contribution in [2.75, 3.05) is 51.8 Å². The Balaban J connectivity index is 1.48. The lowest BCUT2D eigenvalue weighted by atomic mass is 10.1. The van der Waals surface area contributed by atoms with E-state index in [4.69, 9.17) is 9.47 Å². The lowest BCUT2D eigenvalue weighted by molar-refractivity contribution is 0.0746. The summed E-state index contributed by atoms with van der Waals surface area (Å²) in [5.74, 6) is 1.30. The molecule has 1 amide bonds. The Morgan fingerprint density at radius 1 is 0.946 bits per heavy atom. The molecule has 0 bridgehead atoms. The molecule has 1 saturated heterocycles. The van der Waals surface area contributed by atoms with E-state index in [1.54, 1.807) is 55.6 Å². The van der Waals surface area contributed by atoms with E-state index in [0.717, 1.165) is 24.5 Å². The molecule has 4 rings (SSSR count). The van der Waals surface area contributed by atoms with Crippen LogP contribution in [-0.4, -0.2) is 70.5 Å². The van der Waals surface area contributed by atoms with Gasteiger partial charge in [-0.05, 0) is 61.5 Å². The van der Waals surface area contributed by atoms with E-state index in [1.165, 1.54) is 11.4 Å². The van der Waals surface area contributed by atoms with Crippen LogP contribution in [0, 0.1) is 0 Å². The fourth-order valence-electron chi connectivity index (χ4n) is 4.37. The van der Waals surface area contributed by atoms with Gasteiger partial charge >= 0.3 is 0 Å². The van der Waals surface area contributed by atoms with E-state index in [0.29, 0.717) is 36.6 Å². The lowest BCUT2D eigenvalue weighted by Gasteiger charge is -2.36. The molecule has 1 aliphatic heterocycles. The summed E-state index contributed by atoms with van der Waals surface area (Å²) in [6.07, 6.45) is 0. The second-order valence-electron chi connectivity index (χ2n) is 8.81. The van der Waals surface area contributed by atoms with Crippen molar-refractivity contribution in [1.82, 2.24) is 9.21 Å². The Hall–Kier alpha value is -3.56.